The van der Waals surface area contributed by atoms with E-state index < -0.39 is 17.8 Å². The van der Waals surface area contributed by atoms with Gasteiger partial charge in [0.25, 0.3) is 5.91 Å². The van der Waals surface area contributed by atoms with Crippen molar-refractivity contribution in [3.8, 4) is 17.2 Å². The average Bonchev–Trinajstić information content (AvgIpc) is 2.85. The van der Waals surface area contributed by atoms with E-state index in [4.69, 9.17) is 31.2 Å². The molecule has 0 radical (unpaired) electrons. The lowest BCUT2D eigenvalue weighted by atomic mass is 10.1. The molecule has 11 heteroatoms. The van der Waals surface area contributed by atoms with E-state index in [0.29, 0.717) is 23.7 Å². The minimum atomic E-state index is -0.558. The van der Waals surface area contributed by atoms with Gasteiger partial charge >= 0.3 is 5.97 Å². The number of thiocarbonyl (C=S) groups is 1. The maximum Gasteiger partial charge on any atom is 0.306 e. The summed E-state index contributed by atoms with van der Waals surface area (Å²) in [4.78, 5) is 36.2. The molecule has 34 heavy (non-hydrogen) atoms. The molecule has 2 rings (SSSR count). The summed E-state index contributed by atoms with van der Waals surface area (Å²) in [6.45, 7) is 0.234. The molecule has 10 nitrogen and oxygen atoms in total. The molecule has 2 aromatic rings. The van der Waals surface area contributed by atoms with E-state index in [1.54, 1.807) is 0 Å². The van der Waals surface area contributed by atoms with Crippen LogP contribution in [-0.2, 0) is 20.7 Å². The number of hydrogen-bond donors (Lipinski definition) is 3. The Labute approximate surface area is 202 Å². The van der Waals surface area contributed by atoms with Crippen LogP contribution in [-0.4, -0.2) is 50.8 Å². The monoisotopic (exact) mass is 489 g/mol. The van der Waals surface area contributed by atoms with Gasteiger partial charge in [-0.2, -0.15) is 0 Å². The highest BCUT2D eigenvalue weighted by atomic mass is 32.1. The Morgan fingerprint density at radius 2 is 1.53 bits per heavy atom. The van der Waals surface area contributed by atoms with Crippen molar-refractivity contribution in [2.45, 2.75) is 19.3 Å². The Morgan fingerprint density at radius 3 is 2.12 bits per heavy atom. The zero-order valence-corrected chi connectivity index (χ0v) is 20.0. The van der Waals surface area contributed by atoms with Crippen LogP contribution in [0.2, 0.25) is 0 Å². The van der Waals surface area contributed by atoms with Gasteiger partial charge in [0.2, 0.25) is 11.7 Å². The van der Waals surface area contributed by atoms with Gasteiger partial charge in [-0.1, -0.05) is 30.3 Å². The van der Waals surface area contributed by atoms with Crippen LogP contribution in [0.1, 0.15) is 28.8 Å². The zero-order chi connectivity index (χ0) is 24.9. The van der Waals surface area contributed by atoms with Gasteiger partial charge in [-0.3, -0.25) is 25.2 Å². The highest BCUT2D eigenvalue weighted by molar-refractivity contribution is 7.80. The molecule has 0 saturated carbocycles. The van der Waals surface area contributed by atoms with E-state index in [-0.39, 0.29) is 30.1 Å². The zero-order valence-electron chi connectivity index (χ0n) is 19.1. The lowest BCUT2D eigenvalue weighted by molar-refractivity contribution is -0.144. The molecule has 3 N–H and O–H groups in total. The van der Waals surface area contributed by atoms with Gasteiger partial charge in [0.15, 0.2) is 16.6 Å². The average molecular weight is 490 g/mol. The number of nitrogens with one attached hydrogen (secondary N) is 3. The summed E-state index contributed by atoms with van der Waals surface area (Å²) in [6.07, 6.45) is 0.381. The molecule has 0 atom stereocenters. The number of amides is 2. The molecule has 0 aliphatic carbocycles. The third-order valence-electron chi connectivity index (χ3n) is 4.52. The number of methoxy groups -OCH3 is 3. The topological polar surface area (TPSA) is 124 Å². The lowest BCUT2D eigenvalue weighted by Crippen LogP contribution is -2.48. The van der Waals surface area contributed by atoms with E-state index in [1.807, 2.05) is 30.3 Å². The fraction of sp³-hybridized carbons (Fsp3) is 0.304. The van der Waals surface area contributed by atoms with Crippen molar-refractivity contribution in [2.75, 3.05) is 27.9 Å². The highest BCUT2D eigenvalue weighted by Crippen LogP contribution is 2.38. The van der Waals surface area contributed by atoms with E-state index in [1.165, 1.54) is 33.5 Å². The SMILES string of the molecule is COc1cc(C(=O)NNC(=S)NC(=O)CCC(=O)OCCc2ccccc2)cc(OC)c1OC. The van der Waals surface area contributed by atoms with E-state index in [0.717, 1.165) is 5.56 Å². The molecule has 0 heterocycles. The summed E-state index contributed by atoms with van der Waals surface area (Å²) in [6, 6.07) is 12.5. The molecule has 2 aromatic carbocycles. The summed E-state index contributed by atoms with van der Waals surface area (Å²) in [5.41, 5.74) is 6.05. The minimum Gasteiger partial charge on any atom is -0.493 e. The number of esters is 1. The maximum absolute atomic E-state index is 12.4. The first-order valence-corrected chi connectivity index (χ1v) is 10.7. The Hall–Kier alpha value is -3.86. The van der Waals surface area contributed by atoms with Gasteiger partial charge in [-0.25, -0.2) is 0 Å². The molecule has 0 bridgehead atoms. The van der Waals surface area contributed by atoms with Crippen LogP contribution >= 0.6 is 12.2 Å². The van der Waals surface area contributed by atoms with Gasteiger partial charge in [0.1, 0.15) is 0 Å². The van der Waals surface area contributed by atoms with Gasteiger partial charge in [0, 0.05) is 18.4 Å². The van der Waals surface area contributed by atoms with Crippen molar-refractivity contribution in [2.24, 2.45) is 0 Å². The Bertz CT molecular complexity index is 990. The molecule has 0 saturated heterocycles. The predicted molar refractivity (Wildman–Crippen MR) is 128 cm³/mol. The Balaban J connectivity index is 1.73. The van der Waals surface area contributed by atoms with Crippen LogP contribution in [0, 0.1) is 0 Å². The van der Waals surface area contributed by atoms with Gasteiger partial charge in [-0.05, 0) is 29.9 Å². The second kappa shape index (κ2) is 13.6. The fourth-order valence-corrected chi connectivity index (χ4v) is 3.00. The number of carbonyl (C=O) groups is 3. The number of ether oxygens (including phenoxy) is 4. The number of benzene rings is 2. The predicted octanol–water partition coefficient (Wildman–Crippen LogP) is 1.91. The number of hydrogen-bond acceptors (Lipinski definition) is 8. The van der Waals surface area contributed by atoms with Crippen molar-refractivity contribution in [3.05, 3.63) is 53.6 Å². The molecular weight excluding hydrogens is 462 g/mol. The van der Waals surface area contributed by atoms with Gasteiger partial charge in [-0.15, -0.1) is 0 Å². The van der Waals surface area contributed by atoms with Crippen LogP contribution < -0.4 is 30.4 Å². The van der Waals surface area contributed by atoms with Crippen LogP contribution in [0.3, 0.4) is 0 Å². The van der Waals surface area contributed by atoms with Crippen molar-refractivity contribution in [1.82, 2.24) is 16.2 Å². The normalized spacial score (nSPS) is 9.97. The minimum absolute atomic E-state index is 0.0962. The van der Waals surface area contributed by atoms with Crippen molar-refractivity contribution < 1.29 is 33.3 Å². The summed E-state index contributed by atoms with van der Waals surface area (Å²) in [5.74, 6) is -0.592. The van der Waals surface area contributed by atoms with Crippen molar-refractivity contribution in [3.63, 3.8) is 0 Å². The van der Waals surface area contributed by atoms with E-state index >= 15 is 0 Å². The molecule has 0 spiro atoms. The fourth-order valence-electron chi connectivity index (χ4n) is 2.83. The first kappa shape index (κ1) is 26.4. The molecule has 0 aromatic heterocycles. The molecular formula is C23H27N3O7S. The van der Waals surface area contributed by atoms with E-state index in [2.05, 4.69) is 16.2 Å². The number of rotatable bonds is 10. The molecule has 2 amide bonds. The van der Waals surface area contributed by atoms with E-state index in [9.17, 15) is 14.4 Å². The number of hydrazine groups is 1. The molecule has 0 unspecified atom stereocenters. The quantitative estimate of drug-likeness (QED) is 0.261. The van der Waals surface area contributed by atoms with Crippen LogP contribution in [0.15, 0.2) is 42.5 Å². The molecule has 0 fully saturated rings. The second-order valence-electron chi connectivity index (χ2n) is 6.83. The largest absolute Gasteiger partial charge is 0.493 e. The first-order valence-electron chi connectivity index (χ1n) is 10.3. The summed E-state index contributed by atoms with van der Waals surface area (Å²) < 4.78 is 20.8. The Kier molecular flexibility index (Phi) is 10.6. The standard InChI is InChI=1S/C23H27N3O7S/c1-30-17-13-16(14-18(31-2)21(17)32-3)22(29)25-26-23(34)24-19(27)9-10-20(28)33-12-11-15-7-5-4-6-8-15/h4-8,13-14H,9-12H2,1-3H3,(H,25,29)(H2,24,26,27,34). The summed E-state index contributed by atoms with van der Waals surface area (Å²) >= 11 is 5.00. The smallest absolute Gasteiger partial charge is 0.306 e. The number of carbonyl (C=O) groups excluding carboxylic acids is 3. The summed E-state index contributed by atoms with van der Waals surface area (Å²) in [5, 5.41) is 2.24. The third kappa shape index (κ3) is 8.24. The highest BCUT2D eigenvalue weighted by Gasteiger charge is 2.17. The summed E-state index contributed by atoms with van der Waals surface area (Å²) in [7, 11) is 4.31. The Morgan fingerprint density at radius 1 is 0.882 bits per heavy atom. The third-order valence-corrected chi connectivity index (χ3v) is 4.73. The van der Waals surface area contributed by atoms with Crippen molar-refractivity contribution in [1.29, 1.82) is 0 Å². The second-order valence-corrected chi connectivity index (χ2v) is 7.23. The first-order chi connectivity index (χ1) is 16.4. The van der Waals surface area contributed by atoms with Crippen LogP contribution in [0.25, 0.3) is 0 Å². The van der Waals surface area contributed by atoms with Gasteiger partial charge < -0.3 is 24.3 Å². The molecule has 0 aliphatic heterocycles. The lowest BCUT2D eigenvalue weighted by Gasteiger charge is -2.15. The molecule has 0 aliphatic rings. The van der Waals surface area contributed by atoms with Crippen LogP contribution in [0.4, 0.5) is 0 Å². The maximum atomic E-state index is 12.4. The molecule has 182 valence electrons. The van der Waals surface area contributed by atoms with Gasteiger partial charge in [0.05, 0.1) is 34.4 Å². The van der Waals surface area contributed by atoms with Crippen molar-refractivity contribution >= 4 is 35.1 Å². The van der Waals surface area contributed by atoms with Crippen LogP contribution in [0.5, 0.6) is 17.2 Å².